The molecule has 0 unspecified atom stereocenters. The fraction of sp³-hybridized carbons (Fsp3) is 0.520. The van der Waals surface area contributed by atoms with Gasteiger partial charge in [-0.2, -0.15) is 0 Å². The van der Waals surface area contributed by atoms with Gasteiger partial charge in [0.05, 0.1) is 11.0 Å². The average molecular weight is 455 g/mol. The van der Waals surface area contributed by atoms with Crippen LogP contribution < -0.4 is 4.90 Å². The molecule has 1 aromatic carbocycles. The third-order valence-electron chi connectivity index (χ3n) is 7.10. The number of H-pyrrole nitrogens is 1. The first-order valence-corrected chi connectivity index (χ1v) is 12.0. The highest BCUT2D eigenvalue weighted by molar-refractivity contribution is 5.79. The van der Waals surface area contributed by atoms with E-state index in [9.17, 15) is 8.78 Å². The molecule has 2 aromatic heterocycles. The predicted octanol–water partition coefficient (Wildman–Crippen LogP) is 4.29. The molecule has 1 N–H and O–H groups in total. The minimum atomic E-state index is -0.897. The number of pyridine rings is 1. The lowest BCUT2D eigenvalue weighted by Crippen LogP contribution is -2.47. The molecule has 6 nitrogen and oxygen atoms in total. The fourth-order valence-corrected chi connectivity index (χ4v) is 5.16. The van der Waals surface area contributed by atoms with Gasteiger partial charge in [0.2, 0.25) is 0 Å². The molecule has 0 aliphatic carbocycles. The smallest absolute Gasteiger partial charge is 0.161 e. The lowest BCUT2D eigenvalue weighted by atomic mass is 10.0. The molecular weight excluding hydrogens is 422 g/mol. The van der Waals surface area contributed by atoms with Crippen LogP contribution in [0, 0.1) is 11.6 Å². The zero-order valence-electron chi connectivity index (χ0n) is 19.4. The van der Waals surface area contributed by atoms with Crippen molar-refractivity contribution in [2.75, 3.05) is 44.2 Å². The summed E-state index contributed by atoms with van der Waals surface area (Å²) in [7, 11) is 0. The zero-order valence-corrected chi connectivity index (χ0v) is 19.4. The van der Waals surface area contributed by atoms with E-state index < -0.39 is 11.6 Å². The molecule has 0 radical (unpaired) electrons. The van der Waals surface area contributed by atoms with E-state index in [2.05, 4.69) is 38.5 Å². The Hall–Kier alpha value is -2.58. The van der Waals surface area contributed by atoms with Crippen molar-refractivity contribution in [3.8, 4) is 11.5 Å². The molecule has 2 aliphatic heterocycles. The first-order chi connectivity index (χ1) is 16.0. The molecule has 4 heterocycles. The van der Waals surface area contributed by atoms with Gasteiger partial charge in [0.25, 0.3) is 0 Å². The van der Waals surface area contributed by atoms with E-state index in [4.69, 9.17) is 4.98 Å². The van der Waals surface area contributed by atoms with Crippen LogP contribution in [0.3, 0.4) is 0 Å². The largest absolute Gasteiger partial charge is 0.355 e. The Balaban J connectivity index is 1.27. The molecule has 2 fully saturated rings. The van der Waals surface area contributed by atoms with Crippen LogP contribution in [0.25, 0.3) is 22.6 Å². The number of nitrogens with zero attached hydrogens (tertiary/aromatic N) is 5. The summed E-state index contributed by atoms with van der Waals surface area (Å²) in [5.74, 6) is -0.346. The number of fused-ring (bicyclic) bond motifs is 1. The molecule has 0 saturated carbocycles. The summed E-state index contributed by atoms with van der Waals surface area (Å²) in [6, 6.07) is 9.44. The number of piperidine rings is 1. The topological polar surface area (TPSA) is 51.3 Å². The molecule has 3 aromatic rings. The highest BCUT2D eigenvalue weighted by Gasteiger charge is 2.27. The van der Waals surface area contributed by atoms with Crippen LogP contribution in [-0.2, 0) is 0 Å². The summed E-state index contributed by atoms with van der Waals surface area (Å²) < 4.78 is 27.1. The van der Waals surface area contributed by atoms with Gasteiger partial charge in [-0.25, -0.2) is 18.7 Å². The second-order valence-electron chi connectivity index (χ2n) is 9.49. The van der Waals surface area contributed by atoms with Gasteiger partial charge in [-0.15, -0.1) is 0 Å². The van der Waals surface area contributed by atoms with Crippen molar-refractivity contribution in [3.63, 3.8) is 0 Å². The minimum Gasteiger partial charge on any atom is -0.355 e. The Morgan fingerprint density at radius 2 is 1.73 bits per heavy atom. The lowest BCUT2D eigenvalue weighted by molar-refractivity contribution is 0.0965. The van der Waals surface area contributed by atoms with Crippen LogP contribution in [0.1, 0.15) is 33.1 Å². The van der Waals surface area contributed by atoms with E-state index in [1.165, 1.54) is 25.9 Å². The fourth-order valence-electron chi connectivity index (χ4n) is 5.16. The number of rotatable bonds is 4. The normalized spacial score (nSPS) is 19.5. The first-order valence-electron chi connectivity index (χ1n) is 12.0. The quantitative estimate of drug-likeness (QED) is 0.638. The van der Waals surface area contributed by atoms with Crippen LogP contribution in [0.15, 0.2) is 30.3 Å². The second kappa shape index (κ2) is 9.35. The average Bonchev–Trinajstić information content (AvgIpc) is 3.06. The number of anilines is 1. The molecule has 0 bridgehead atoms. The standard InChI is InChI=1S/C25H32F2N6/c1-17(2)31-11-7-18(8-12-31)32-9-4-10-33(14-13-32)24-6-3-5-21(28-24)25-29-22-15-19(26)20(27)16-23(22)30-25/h3,5-6,15-18H,4,7-14H2,1-2H3,(H,29,30). The maximum absolute atomic E-state index is 13.6. The van der Waals surface area contributed by atoms with Gasteiger partial charge < -0.3 is 14.8 Å². The molecule has 2 aliphatic rings. The zero-order chi connectivity index (χ0) is 22.9. The summed E-state index contributed by atoms with van der Waals surface area (Å²) in [6.45, 7) is 11.0. The van der Waals surface area contributed by atoms with Crippen molar-refractivity contribution in [1.29, 1.82) is 0 Å². The number of imidazole rings is 1. The summed E-state index contributed by atoms with van der Waals surface area (Å²) in [4.78, 5) is 19.9. The Kier molecular flexibility index (Phi) is 6.29. The summed E-state index contributed by atoms with van der Waals surface area (Å²) in [5.41, 5.74) is 1.53. The van der Waals surface area contributed by atoms with E-state index in [0.717, 1.165) is 50.6 Å². The van der Waals surface area contributed by atoms with Gasteiger partial charge in [0.15, 0.2) is 17.5 Å². The van der Waals surface area contributed by atoms with Gasteiger partial charge in [0, 0.05) is 50.4 Å². The molecule has 2 saturated heterocycles. The number of likely N-dealkylation sites (tertiary alicyclic amines) is 1. The maximum atomic E-state index is 13.6. The van der Waals surface area contributed by atoms with Gasteiger partial charge in [-0.1, -0.05) is 6.07 Å². The number of aromatic amines is 1. The molecule has 0 spiro atoms. The second-order valence-corrected chi connectivity index (χ2v) is 9.49. The molecule has 5 rings (SSSR count). The van der Waals surface area contributed by atoms with Crippen molar-refractivity contribution in [1.82, 2.24) is 24.8 Å². The number of hydrogen-bond acceptors (Lipinski definition) is 5. The number of aromatic nitrogens is 3. The van der Waals surface area contributed by atoms with Crippen molar-refractivity contribution >= 4 is 16.9 Å². The SMILES string of the molecule is CC(C)N1CCC(N2CCCN(c3cccc(-c4nc5cc(F)c(F)cc5[nH]4)n3)CC2)CC1. The van der Waals surface area contributed by atoms with Crippen LogP contribution in [0.5, 0.6) is 0 Å². The van der Waals surface area contributed by atoms with Crippen LogP contribution in [0.4, 0.5) is 14.6 Å². The van der Waals surface area contributed by atoms with Crippen LogP contribution in [-0.4, -0.2) is 76.1 Å². The monoisotopic (exact) mass is 454 g/mol. The molecule has 8 heteroatoms. The van der Waals surface area contributed by atoms with Crippen molar-refractivity contribution in [2.45, 2.75) is 45.2 Å². The van der Waals surface area contributed by atoms with Gasteiger partial charge in [-0.05, 0) is 58.3 Å². The third-order valence-corrected chi connectivity index (χ3v) is 7.10. The first kappa shape index (κ1) is 22.2. The third kappa shape index (κ3) is 4.73. The minimum absolute atomic E-state index is 0.394. The van der Waals surface area contributed by atoms with Crippen molar-refractivity contribution in [2.24, 2.45) is 0 Å². The molecule has 33 heavy (non-hydrogen) atoms. The molecule has 0 atom stereocenters. The van der Waals surface area contributed by atoms with E-state index in [-0.39, 0.29) is 0 Å². The van der Waals surface area contributed by atoms with Crippen LogP contribution in [0.2, 0.25) is 0 Å². The number of hydrogen-bond donors (Lipinski definition) is 1. The van der Waals surface area contributed by atoms with E-state index in [1.54, 1.807) is 0 Å². The van der Waals surface area contributed by atoms with Gasteiger partial charge in [0.1, 0.15) is 11.5 Å². The van der Waals surface area contributed by atoms with Crippen LogP contribution >= 0.6 is 0 Å². The summed E-state index contributed by atoms with van der Waals surface area (Å²) in [6.07, 6.45) is 3.61. The molecule has 0 amide bonds. The number of nitrogens with one attached hydrogen (secondary N) is 1. The predicted molar refractivity (Wildman–Crippen MR) is 127 cm³/mol. The van der Waals surface area contributed by atoms with E-state index >= 15 is 0 Å². The Labute approximate surface area is 193 Å². The lowest BCUT2D eigenvalue weighted by Gasteiger charge is -2.39. The Bertz CT molecular complexity index is 1070. The van der Waals surface area contributed by atoms with Gasteiger partial charge in [-0.3, -0.25) is 4.90 Å². The molecule has 176 valence electrons. The van der Waals surface area contributed by atoms with Crippen molar-refractivity contribution in [3.05, 3.63) is 42.0 Å². The maximum Gasteiger partial charge on any atom is 0.161 e. The highest BCUT2D eigenvalue weighted by Crippen LogP contribution is 2.25. The number of halogens is 2. The summed E-state index contributed by atoms with van der Waals surface area (Å²) >= 11 is 0. The summed E-state index contributed by atoms with van der Waals surface area (Å²) in [5, 5.41) is 0. The molecular formula is C25H32F2N6. The highest BCUT2D eigenvalue weighted by atomic mass is 19.2. The van der Waals surface area contributed by atoms with E-state index in [1.807, 2.05) is 18.2 Å². The number of benzene rings is 1. The van der Waals surface area contributed by atoms with Crippen molar-refractivity contribution < 1.29 is 8.78 Å². The Morgan fingerprint density at radius 1 is 0.939 bits per heavy atom. The van der Waals surface area contributed by atoms with Gasteiger partial charge >= 0.3 is 0 Å². The Morgan fingerprint density at radius 3 is 2.52 bits per heavy atom. The van der Waals surface area contributed by atoms with E-state index in [0.29, 0.717) is 34.6 Å².